The molecule has 0 saturated heterocycles. The SMILES string of the molecule is C=CSCCOC(=O)C=Cc1ccccc1. The molecule has 0 bridgehead atoms. The Morgan fingerprint density at radius 2 is 2.12 bits per heavy atom. The van der Waals surface area contributed by atoms with E-state index >= 15 is 0 Å². The summed E-state index contributed by atoms with van der Waals surface area (Å²) < 4.78 is 4.97. The van der Waals surface area contributed by atoms with Crippen molar-refractivity contribution < 1.29 is 9.53 Å². The molecule has 0 amide bonds. The Bertz CT molecular complexity index is 357. The number of thioether (sulfide) groups is 1. The van der Waals surface area contributed by atoms with Gasteiger partial charge in [0.25, 0.3) is 0 Å². The van der Waals surface area contributed by atoms with Gasteiger partial charge in [-0.2, -0.15) is 0 Å². The van der Waals surface area contributed by atoms with Gasteiger partial charge in [0.05, 0.1) is 0 Å². The molecule has 2 nitrogen and oxygen atoms in total. The molecule has 3 heteroatoms. The number of hydrogen-bond donors (Lipinski definition) is 0. The summed E-state index contributed by atoms with van der Waals surface area (Å²) in [6.45, 7) is 3.97. The van der Waals surface area contributed by atoms with Crippen molar-refractivity contribution in [3.63, 3.8) is 0 Å². The Kier molecular flexibility index (Phi) is 6.11. The molecule has 0 N–H and O–H groups in total. The van der Waals surface area contributed by atoms with E-state index in [-0.39, 0.29) is 5.97 Å². The van der Waals surface area contributed by atoms with E-state index in [0.29, 0.717) is 6.61 Å². The lowest BCUT2D eigenvalue weighted by Crippen LogP contribution is -2.03. The monoisotopic (exact) mass is 234 g/mol. The summed E-state index contributed by atoms with van der Waals surface area (Å²) in [4.78, 5) is 11.2. The molecule has 0 heterocycles. The van der Waals surface area contributed by atoms with Crippen LogP contribution in [0.25, 0.3) is 6.08 Å². The normalized spacial score (nSPS) is 10.2. The van der Waals surface area contributed by atoms with Gasteiger partial charge in [-0.1, -0.05) is 36.9 Å². The molecule has 0 atom stereocenters. The number of hydrogen-bond acceptors (Lipinski definition) is 3. The zero-order chi connectivity index (χ0) is 11.6. The molecule has 0 fully saturated rings. The molecule has 0 spiro atoms. The Morgan fingerprint density at radius 3 is 2.81 bits per heavy atom. The van der Waals surface area contributed by atoms with Crippen LogP contribution in [-0.2, 0) is 9.53 Å². The maximum absolute atomic E-state index is 11.2. The predicted octanol–water partition coefficient (Wildman–Crippen LogP) is 3.12. The molecule has 1 aromatic carbocycles. The third-order valence-corrected chi connectivity index (χ3v) is 2.41. The average molecular weight is 234 g/mol. The smallest absolute Gasteiger partial charge is 0.330 e. The van der Waals surface area contributed by atoms with Crippen LogP contribution in [0.5, 0.6) is 0 Å². The molecule has 0 radical (unpaired) electrons. The minimum absolute atomic E-state index is 0.312. The minimum Gasteiger partial charge on any atom is -0.462 e. The van der Waals surface area contributed by atoms with Crippen molar-refractivity contribution in [2.75, 3.05) is 12.4 Å². The van der Waals surface area contributed by atoms with E-state index in [9.17, 15) is 4.79 Å². The van der Waals surface area contributed by atoms with Gasteiger partial charge in [-0.15, -0.1) is 11.8 Å². The highest BCUT2D eigenvalue weighted by molar-refractivity contribution is 8.02. The molecule has 0 saturated carbocycles. The van der Waals surface area contributed by atoms with Crippen LogP contribution in [0.1, 0.15) is 5.56 Å². The fourth-order valence-corrected chi connectivity index (χ4v) is 1.40. The lowest BCUT2D eigenvalue weighted by Gasteiger charge is -1.99. The predicted molar refractivity (Wildman–Crippen MR) is 69.1 cm³/mol. The van der Waals surface area contributed by atoms with Gasteiger partial charge >= 0.3 is 5.97 Å². The van der Waals surface area contributed by atoms with Crippen molar-refractivity contribution in [1.29, 1.82) is 0 Å². The van der Waals surface area contributed by atoms with Crippen LogP contribution >= 0.6 is 11.8 Å². The van der Waals surface area contributed by atoms with Gasteiger partial charge in [-0.05, 0) is 17.0 Å². The lowest BCUT2D eigenvalue weighted by molar-refractivity contribution is -0.137. The summed E-state index contributed by atoms with van der Waals surface area (Å²) in [6.07, 6.45) is 3.18. The van der Waals surface area contributed by atoms with Crippen molar-refractivity contribution >= 4 is 23.8 Å². The Balaban J connectivity index is 2.29. The molecule has 0 aliphatic rings. The second-order valence-corrected chi connectivity index (χ2v) is 4.02. The van der Waals surface area contributed by atoms with E-state index in [1.807, 2.05) is 30.3 Å². The third-order valence-electron chi connectivity index (χ3n) is 1.77. The van der Waals surface area contributed by atoms with Gasteiger partial charge in [0.1, 0.15) is 6.61 Å². The van der Waals surface area contributed by atoms with Crippen LogP contribution in [0.2, 0.25) is 0 Å². The van der Waals surface area contributed by atoms with Gasteiger partial charge in [0, 0.05) is 11.8 Å². The first-order chi connectivity index (χ1) is 7.83. The highest BCUT2D eigenvalue weighted by atomic mass is 32.2. The highest BCUT2D eigenvalue weighted by Crippen LogP contribution is 2.02. The molecule has 0 aliphatic carbocycles. The first-order valence-electron chi connectivity index (χ1n) is 4.95. The van der Waals surface area contributed by atoms with Crippen molar-refractivity contribution in [2.24, 2.45) is 0 Å². The molecule has 0 aliphatic heterocycles. The quantitative estimate of drug-likeness (QED) is 0.430. The third kappa shape index (κ3) is 5.41. The van der Waals surface area contributed by atoms with Crippen LogP contribution in [-0.4, -0.2) is 18.3 Å². The van der Waals surface area contributed by atoms with E-state index < -0.39 is 0 Å². The lowest BCUT2D eigenvalue weighted by atomic mass is 10.2. The van der Waals surface area contributed by atoms with Crippen LogP contribution in [0.15, 0.2) is 48.4 Å². The number of ether oxygens (including phenoxy) is 1. The summed E-state index contributed by atoms with van der Waals surface area (Å²) in [5, 5.41) is 1.73. The number of carbonyl (C=O) groups is 1. The first kappa shape index (κ1) is 12.6. The highest BCUT2D eigenvalue weighted by Gasteiger charge is 1.95. The Hall–Kier alpha value is -1.48. The molecule has 0 aromatic heterocycles. The van der Waals surface area contributed by atoms with Crippen molar-refractivity contribution in [2.45, 2.75) is 0 Å². The minimum atomic E-state index is -0.312. The number of rotatable bonds is 6. The zero-order valence-electron chi connectivity index (χ0n) is 8.96. The second-order valence-electron chi connectivity index (χ2n) is 2.95. The average Bonchev–Trinajstić information content (AvgIpc) is 2.33. The number of esters is 1. The van der Waals surface area contributed by atoms with Gasteiger partial charge in [-0.25, -0.2) is 4.79 Å². The fourth-order valence-electron chi connectivity index (χ4n) is 1.05. The second kappa shape index (κ2) is 7.77. The topological polar surface area (TPSA) is 26.3 Å². The van der Waals surface area contributed by atoms with E-state index in [4.69, 9.17) is 4.74 Å². The van der Waals surface area contributed by atoms with E-state index in [2.05, 4.69) is 6.58 Å². The van der Waals surface area contributed by atoms with Crippen molar-refractivity contribution in [3.05, 3.63) is 54.0 Å². The Labute approximate surface area is 100 Å². The van der Waals surface area contributed by atoms with Crippen LogP contribution < -0.4 is 0 Å². The largest absolute Gasteiger partial charge is 0.462 e. The zero-order valence-corrected chi connectivity index (χ0v) is 9.78. The summed E-state index contributed by atoms with van der Waals surface area (Å²) in [5.41, 5.74) is 0.986. The van der Waals surface area contributed by atoms with Crippen molar-refractivity contribution in [3.8, 4) is 0 Å². The Morgan fingerprint density at radius 1 is 1.38 bits per heavy atom. The molecular formula is C13H14O2S. The van der Waals surface area contributed by atoms with Crippen LogP contribution in [0, 0.1) is 0 Å². The standard InChI is InChI=1S/C13H14O2S/c1-2-16-11-10-15-13(14)9-8-12-6-4-3-5-7-12/h2-9H,1,10-11H2. The van der Waals surface area contributed by atoms with Crippen molar-refractivity contribution in [1.82, 2.24) is 0 Å². The van der Waals surface area contributed by atoms with E-state index in [0.717, 1.165) is 11.3 Å². The number of benzene rings is 1. The summed E-state index contributed by atoms with van der Waals surface area (Å²) in [6, 6.07) is 9.63. The van der Waals surface area contributed by atoms with Gasteiger partial charge < -0.3 is 4.74 Å². The summed E-state index contributed by atoms with van der Waals surface area (Å²) in [5.74, 6) is 0.433. The fraction of sp³-hybridized carbons (Fsp3) is 0.154. The molecule has 0 unspecified atom stereocenters. The van der Waals surface area contributed by atoms with E-state index in [1.54, 1.807) is 11.5 Å². The molecule has 1 rings (SSSR count). The summed E-state index contributed by atoms with van der Waals surface area (Å²) in [7, 11) is 0. The van der Waals surface area contributed by atoms with E-state index in [1.165, 1.54) is 17.8 Å². The van der Waals surface area contributed by atoms with Crippen LogP contribution in [0.4, 0.5) is 0 Å². The summed E-state index contributed by atoms with van der Waals surface area (Å²) >= 11 is 1.53. The number of carbonyl (C=O) groups excluding carboxylic acids is 1. The molecule has 84 valence electrons. The van der Waals surface area contributed by atoms with Gasteiger partial charge in [0.15, 0.2) is 0 Å². The molecule has 16 heavy (non-hydrogen) atoms. The van der Waals surface area contributed by atoms with Crippen LogP contribution in [0.3, 0.4) is 0 Å². The van der Waals surface area contributed by atoms with Gasteiger partial charge in [0.2, 0.25) is 0 Å². The maximum Gasteiger partial charge on any atom is 0.330 e. The van der Waals surface area contributed by atoms with Gasteiger partial charge in [-0.3, -0.25) is 0 Å². The maximum atomic E-state index is 11.2. The first-order valence-corrected chi connectivity index (χ1v) is 6.00. The molecule has 1 aromatic rings. The molecular weight excluding hydrogens is 220 g/mol.